The third-order valence-corrected chi connectivity index (χ3v) is 8.04. The van der Waals surface area contributed by atoms with Crippen LogP contribution < -0.4 is 10.1 Å². The Morgan fingerprint density at radius 3 is 2.43 bits per heavy atom. The first-order valence-electron chi connectivity index (χ1n) is 11.1. The van der Waals surface area contributed by atoms with Gasteiger partial charge in [0.25, 0.3) is 0 Å². The van der Waals surface area contributed by atoms with Gasteiger partial charge in [-0.3, -0.25) is 9.59 Å². The molecule has 0 aromatic heterocycles. The molecule has 1 atom stereocenters. The molecule has 11 heteroatoms. The van der Waals surface area contributed by atoms with E-state index >= 15 is 0 Å². The number of sulfone groups is 1. The lowest BCUT2D eigenvalue weighted by atomic mass is 10.2. The van der Waals surface area contributed by atoms with Crippen molar-refractivity contribution in [1.82, 2.24) is 10.2 Å². The van der Waals surface area contributed by atoms with Crippen LogP contribution in [0.1, 0.15) is 18.1 Å². The lowest BCUT2D eigenvalue weighted by Crippen LogP contribution is -2.46. The van der Waals surface area contributed by atoms with Crippen molar-refractivity contribution in [2.75, 3.05) is 12.8 Å². The average Bonchev–Trinajstić information content (AvgIpc) is 2.82. The molecule has 3 rings (SSSR count). The van der Waals surface area contributed by atoms with Gasteiger partial charge in [-0.2, -0.15) is 0 Å². The van der Waals surface area contributed by atoms with E-state index in [1.807, 2.05) is 6.92 Å². The van der Waals surface area contributed by atoms with Crippen LogP contribution in [-0.4, -0.2) is 44.0 Å². The predicted octanol–water partition coefficient (Wildman–Crippen LogP) is 5.28. The van der Waals surface area contributed by atoms with Crippen LogP contribution in [0.15, 0.2) is 70.0 Å². The molecular weight excluding hydrogens is 587 g/mol. The van der Waals surface area contributed by atoms with Gasteiger partial charge in [-0.1, -0.05) is 51.3 Å². The SMILES string of the molecule is Cc1ccc(S(=O)(=O)CC(C)NC(=O)C(=O)N(C)Cc2ccc(Br)cc2Oc2ccc(F)c(Cl)c2)cc1. The Kier molecular flexibility index (Phi) is 9.33. The molecule has 7 nitrogen and oxygen atoms in total. The van der Waals surface area contributed by atoms with Crippen LogP contribution in [0.3, 0.4) is 0 Å². The molecule has 3 aromatic rings. The number of rotatable bonds is 8. The molecule has 2 amide bonds. The number of carbonyl (C=O) groups excluding carboxylic acids is 2. The van der Waals surface area contributed by atoms with Crippen molar-refractivity contribution in [3.63, 3.8) is 0 Å². The molecule has 3 aromatic carbocycles. The van der Waals surface area contributed by atoms with E-state index in [0.717, 1.165) is 5.56 Å². The standard InChI is InChI=1S/C26H25BrClFN2O5S/c1-16-4-9-21(10-5-16)37(34,35)15-17(2)30-25(32)26(33)31(3)14-18-6-7-19(27)12-24(18)36-20-8-11-23(29)22(28)13-20/h4-13,17H,14-15H2,1-3H3,(H,30,32). The van der Waals surface area contributed by atoms with Crippen LogP contribution in [0.4, 0.5) is 4.39 Å². The Balaban J connectivity index is 1.66. The van der Waals surface area contributed by atoms with Gasteiger partial charge < -0.3 is 15.0 Å². The van der Waals surface area contributed by atoms with E-state index in [0.29, 0.717) is 21.5 Å². The highest BCUT2D eigenvalue weighted by Crippen LogP contribution is 2.31. The second-order valence-electron chi connectivity index (χ2n) is 8.56. The van der Waals surface area contributed by atoms with E-state index < -0.39 is 33.5 Å². The summed E-state index contributed by atoms with van der Waals surface area (Å²) in [5, 5.41) is 2.36. The van der Waals surface area contributed by atoms with Crippen molar-refractivity contribution in [3.8, 4) is 11.5 Å². The molecule has 1 unspecified atom stereocenters. The second kappa shape index (κ2) is 12.1. The maximum Gasteiger partial charge on any atom is 0.311 e. The zero-order valence-corrected chi connectivity index (χ0v) is 23.5. The van der Waals surface area contributed by atoms with E-state index in [9.17, 15) is 22.4 Å². The van der Waals surface area contributed by atoms with Crippen LogP contribution in [0.2, 0.25) is 5.02 Å². The number of hydrogen-bond donors (Lipinski definition) is 1. The summed E-state index contributed by atoms with van der Waals surface area (Å²) in [7, 11) is -2.21. The number of halogens is 3. The lowest BCUT2D eigenvalue weighted by molar-refractivity contribution is -0.145. The third kappa shape index (κ3) is 7.77. The van der Waals surface area contributed by atoms with E-state index in [1.165, 1.54) is 49.2 Å². The van der Waals surface area contributed by atoms with Crippen molar-refractivity contribution in [2.24, 2.45) is 0 Å². The topological polar surface area (TPSA) is 92.8 Å². The minimum absolute atomic E-state index is 0.0137. The Labute approximate surface area is 228 Å². The van der Waals surface area contributed by atoms with E-state index in [2.05, 4.69) is 21.2 Å². The molecule has 0 aliphatic rings. The quantitative estimate of drug-likeness (QED) is 0.350. The van der Waals surface area contributed by atoms with Gasteiger partial charge in [-0.25, -0.2) is 12.8 Å². The molecule has 0 spiro atoms. The highest BCUT2D eigenvalue weighted by molar-refractivity contribution is 9.10. The highest BCUT2D eigenvalue weighted by Gasteiger charge is 2.25. The van der Waals surface area contributed by atoms with Crippen LogP contribution in [0.5, 0.6) is 11.5 Å². The van der Waals surface area contributed by atoms with E-state index in [-0.39, 0.29) is 22.2 Å². The summed E-state index contributed by atoms with van der Waals surface area (Å²) in [6.07, 6.45) is 0. The lowest BCUT2D eigenvalue weighted by Gasteiger charge is -2.21. The average molecular weight is 612 g/mol. The summed E-state index contributed by atoms with van der Waals surface area (Å²) in [6, 6.07) is 14.7. The first-order valence-corrected chi connectivity index (χ1v) is 13.9. The molecule has 1 N–H and O–H groups in total. The molecule has 0 aliphatic carbocycles. The van der Waals surface area contributed by atoms with Gasteiger partial charge in [0.05, 0.1) is 15.7 Å². The Morgan fingerprint density at radius 1 is 1.11 bits per heavy atom. The van der Waals surface area contributed by atoms with Crippen molar-refractivity contribution in [3.05, 3.63) is 87.1 Å². The Morgan fingerprint density at radius 2 is 1.78 bits per heavy atom. The van der Waals surface area contributed by atoms with Gasteiger partial charge in [0, 0.05) is 35.7 Å². The number of hydrogen-bond acceptors (Lipinski definition) is 5. The smallest absolute Gasteiger partial charge is 0.311 e. The Bertz CT molecular complexity index is 1420. The summed E-state index contributed by atoms with van der Waals surface area (Å²) in [5.41, 5.74) is 1.50. The van der Waals surface area contributed by atoms with E-state index in [1.54, 1.807) is 30.3 Å². The van der Waals surface area contributed by atoms with Gasteiger partial charge in [-0.15, -0.1) is 0 Å². The van der Waals surface area contributed by atoms with Crippen molar-refractivity contribution in [1.29, 1.82) is 0 Å². The summed E-state index contributed by atoms with van der Waals surface area (Å²) in [5.74, 6) is -2.06. The number of benzene rings is 3. The zero-order chi connectivity index (χ0) is 27.3. The van der Waals surface area contributed by atoms with Gasteiger partial charge in [0.1, 0.15) is 17.3 Å². The number of carbonyl (C=O) groups is 2. The normalized spacial score (nSPS) is 12.1. The van der Waals surface area contributed by atoms with Crippen LogP contribution in [0, 0.1) is 12.7 Å². The molecule has 0 saturated carbocycles. The number of ether oxygens (including phenoxy) is 1. The summed E-state index contributed by atoms with van der Waals surface area (Å²) < 4.78 is 45.3. The number of likely N-dealkylation sites (N-methyl/N-ethyl adjacent to an activating group) is 1. The van der Waals surface area contributed by atoms with Gasteiger partial charge >= 0.3 is 11.8 Å². The maximum atomic E-state index is 13.5. The van der Waals surface area contributed by atoms with E-state index in [4.69, 9.17) is 16.3 Å². The zero-order valence-electron chi connectivity index (χ0n) is 20.3. The van der Waals surface area contributed by atoms with Crippen LogP contribution in [-0.2, 0) is 26.0 Å². The molecule has 0 fully saturated rings. The number of amides is 2. The molecule has 37 heavy (non-hydrogen) atoms. The minimum Gasteiger partial charge on any atom is -0.457 e. The monoisotopic (exact) mass is 610 g/mol. The fourth-order valence-corrected chi connectivity index (χ4v) is 5.42. The van der Waals surface area contributed by atoms with Crippen LogP contribution >= 0.6 is 27.5 Å². The molecule has 0 aliphatic heterocycles. The number of nitrogens with one attached hydrogen (secondary N) is 1. The Hall–Kier alpha value is -2.95. The fourth-order valence-electron chi connectivity index (χ4n) is 3.42. The van der Waals surface area contributed by atoms with Gasteiger partial charge in [-0.05, 0) is 50.2 Å². The second-order valence-corrected chi connectivity index (χ2v) is 11.9. The van der Waals surface area contributed by atoms with Crippen LogP contribution in [0.25, 0.3) is 0 Å². The third-order valence-electron chi connectivity index (χ3n) is 5.32. The molecule has 0 heterocycles. The van der Waals surface area contributed by atoms with Gasteiger partial charge in [0.2, 0.25) is 0 Å². The molecule has 196 valence electrons. The summed E-state index contributed by atoms with van der Waals surface area (Å²) in [6.45, 7) is 3.38. The molecule has 0 radical (unpaired) electrons. The molecule has 0 bridgehead atoms. The van der Waals surface area contributed by atoms with Crippen molar-refractivity contribution >= 4 is 49.2 Å². The van der Waals surface area contributed by atoms with Crippen molar-refractivity contribution in [2.45, 2.75) is 31.3 Å². The number of aryl methyl sites for hydroxylation is 1. The number of nitrogens with zero attached hydrogens (tertiary/aromatic N) is 1. The summed E-state index contributed by atoms with van der Waals surface area (Å²) >= 11 is 9.20. The summed E-state index contributed by atoms with van der Waals surface area (Å²) in [4.78, 5) is 26.6. The maximum absolute atomic E-state index is 13.5. The largest absolute Gasteiger partial charge is 0.457 e. The highest BCUT2D eigenvalue weighted by atomic mass is 79.9. The van der Waals surface area contributed by atoms with Crippen molar-refractivity contribution < 1.29 is 27.1 Å². The van der Waals surface area contributed by atoms with Gasteiger partial charge in [0.15, 0.2) is 9.84 Å². The fraction of sp³-hybridized carbons (Fsp3) is 0.231. The first-order chi connectivity index (χ1) is 17.4. The predicted molar refractivity (Wildman–Crippen MR) is 143 cm³/mol. The minimum atomic E-state index is -3.66. The first kappa shape index (κ1) is 28.6. The molecule has 0 saturated heterocycles. The molecular formula is C26H25BrClFN2O5S.